The van der Waals surface area contributed by atoms with Gasteiger partial charge >= 0.3 is 0 Å². The standard InChI is InChI=1S/C12H21NO3/c1-4-5-6-11(15)13-7-10(8-14)16-12(2,3)9-13/h4,10,14H,1,5-9H2,2-3H3. The van der Waals surface area contributed by atoms with Crippen LogP contribution in [0.15, 0.2) is 12.7 Å². The predicted molar refractivity (Wildman–Crippen MR) is 62.0 cm³/mol. The molecule has 1 saturated heterocycles. The Hall–Kier alpha value is -0.870. The van der Waals surface area contributed by atoms with Gasteiger partial charge in [0, 0.05) is 19.5 Å². The number of allylic oxidation sites excluding steroid dienone is 1. The lowest BCUT2D eigenvalue weighted by Gasteiger charge is -2.42. The monoisotopic (exact) mass is 227 g/mol. The summed E-state index contributed by atoms with van der Waals surface area (Å²) in [5, 5.41) is 9.12. The number of aliphatic hydroxyl groups excluding tert-OH is 1. The Morgan fingerprint density at radius 3 is 2.94 bits per heavy atom. The van der Waals surface area contributed by atoms with Gasteiger partial charge in [0.25, 0.3) is 0 Å². The maximum Gasteiger partial charge on any atom is 0.223 e. The third kappa shape index (κ3) is 3.61. The molecule has 0 aliphatic carbocycles. The SMILES string of the molecule is C=CCCC(=O)N1CC(CO)OC(C)(C)C1. The minimum Gasteiger partial charge on any atom is -0.394 e. The molecular formula is C12H21NO3. The molecule has 1 amide bonds. The summed E-state index contributed by atoms with van der Waals surface area (Å²) < 4.78 is 5.64. The average molecular weight is 227 g/mol. The first-order valence-electron chi connectivity index (χ1n) is 5.66. The molecule has 16 heavy (non-hydrogen) atoms. The van der Waals surface area contributed by atoms with E-state index in [2.05, 4.69) is 6.58 Å². The van der Waals surface area contributed by atoms with Crippen molar-refractivity contribution in [2.75, 3.05) is 19.7 Å². The second kappa shape index (κ2) is 5.46. The van der Waals surface area contributed by atoms with Crippen molar-refractivity contribution in [2.24, 2.45) is 0 Å². The van der Waals surface area contributed by atoms with Crippen LogP contribution < -0.4 is 0 Å². The molecule has 1 atom stereocenters. The highest BCUT2D eigenvalue weighted by Crippen LogP contribution is 2.21. The number of morpholine rings is 1. The first-order chi connectivity index (χ1) is 7.48. The van der Waals surface area contributed by atoms with Crippen LogP contribution >= 0.6 is 0 Å². The van der Waals surface area contributed by atoms with Crippen LogP contribution in [0.5, 0.6) is 0 Å². The Morgan fingerprint density at radius 1 is 1.69 bits per heavy atom. The number of aliphatic hydroxyl groups is 1. The van der Waals surface area contributed by atoms with E-state index in [1.807, 2.05) is 13.8 Å². The number of nitrogens with zero attached hydrogens (tertiary/aromatic N) is 1. The third-order valence-electron chi connectivity index (χ3n) is 2.60. The fourth-order valence-corrected chi connectivity index (χ4v) is 1.96. The Balaban J connectivity index is 2.58. The van der Waals surface area contributed by atoms with Gasteiger partial charge in [-0.05, 0) is 20.3 Å². The molecular weight excluding hydrogens is 206 g/mol. The Bertz CT molecular complexity index is 263. The highest BCUT2D eigenvalue weighted by Gasteiger charge is 2.34. The van der Waals surface area contributed by atoms with Gasteiger partial charge in [-0.2, -0.15) is 0 Å². The van der Waals surface area contributed by atoms with Crippen LogP contribution in [-0.2, 0) is 9.53 Å². The van der Waals surface area contributed by atoms with Crippen molar-refractivity contribution >= 4 is 5.91 Å². The van der Waals surface area contributed by atoms with Crippen molar-refractivity contribution in [2.45, 2.75) is 38.4 Å². The molecule has 1 aliphatic heterocycles. The molecule has 1 fully saturated rings. The van der Waals surface area contributed by atoms with Crippen LogP contribution in [0.3, 0.4) is 0 Å². The molecule has 1 heterocycles. The minimum atomic E-state index is -0.379. The van der Waals surface area contributed by atoms with Crippen molar-refractivity contribution in [3.63, 3.8) is 0 Å². The molecule has 92 valence electrons. The molecule has 0 spiro atoms. The summed E-state index contributed by atoms with van der Waals surface area (Å²) in [5.41, 5.74) is -0.379. The number of amides is 1. The molecule has 1 N–H and O–H groups in total. The summed E-state index contributed by atoms with van der Waals surface area (Å²) in [7, 11) is 0. The number of carbonyl (C=O) groups is 1. The van der Waals surface area contributed by atoms with Gasteiger partial charge in [0.1, 0.15) is 0 Å². The lowest BCUT2D eigenvalue weighted by atomic mass is 10.0. The molecule has 0 bridgehead atoms. The number of hydrogen-bond acceptors (Lipinski definition) is 3. The second-order valence-corrected chi connectivity index (χ2v) is 4.78. The van der Waals surface area contributed by atoms with Gasteiger partial charge in [-0.1, -0.05) is 6.08 Å². The summed E-state index contributed by atoms with van der Waals surface area (Å²) in [6.07, 6.45) is 2.65. The van der Waals surface area contributed by atoms with Gasteiger partial charge in [0.2, 0.25) is 5.91 Å². The number of rotatable bonds is 4. The molecule has 0 saturated carbocycles. The van der Waals surface area contributed by atoms with Gasteiger partial charge < -0.3 is 14.7 Å². The summed E-state index contributed by atoms with van der Waals surface area (Å²) in [6, 6.07) is 0. The van der Waals surface area contributed by atoms with Crippen molar-refractivity contribution in [1.82, 2.24) is 4.90 Å². The van der Waals surface area contributed by atoms with Crippen LogP contribution in [0.4, 0.5) is 0 Å². The Kier molecular flexibility index (Phi) is 4.50. The van der Waals surface area contributed by atoms with E-state index < -0.39 is 0 Å². The molecule has 0 aromatic rings. The van der Waals surface area contributed by atoms with E-state index in [1.54, 1.807) is 11.0 Å². The van der Waals surface area contributed by atoms with Crippen LogP contribution in [0.1, 0.15) is 26.7 Å². The minimum absolute atomic E-state index is 0.0470. The topological polar surface area (TPSA) is 49.8 Å². The van der Waals surface area contributed by atoms with Gasteiger partial charge in [0.05, 0.1) is 18.3 Å². The molecule has 4 heteroatoms. The van der Waals surface area contributed by atoms with E-state index in [0.29, 0.717) is 25.9 Å². The highest BCUT2D eigenvalue weighted by atomic mass is 16.5. The zero-order valence-electron chi connectivity index (χ0n) is 10.1. The summed E-state index contributed by atoms with van der Waals surface area (Å²) >= 11 is 0. The summed E-state index contributed by atoms with van der Waals surface area (Å²) in [5.74, 6) is 0.106. The molecule has 1 unspecified atom stereocenters. The van der Waals surface area contributed by atoms with E-state index in [1.165, 1.54) is 0 Å². The van der Waals surface area contributed by atoms with Gasteiger partial charge in [-0.15, -0.1) is 6.58 Å². The maximum atomic E-state index is 11.8. The van der Waals surface area contributed by atoms with E-state index in [0.717, 1.165) is 0 Å². The first kappa shape index (κ1) is 13.2. The van der Waals surface area contributed by atoms with Gasteiger partial charge in [0.15, 0.2) is 0 Å². The van der Waals surface area contributed by atoms with Gasteiger partial charge in [-0.3, -0.25) is 4.79 Å². The summed E-state index contributed by atoms with van der Waals surface area (Å²) in [6.45, 7) is 8.49. The Morgan fingerprint density at radius 2 is 2.38 bits per heavy atom. The largest absolute Gasteiger partial charge is 0.394 e. The van der Waals surface area contributed by atoms with Crippen molar-refractivity contribution in [3.8, 4) is 0 Å². The van der Waals surface area contributed by atoms with E-state index >= 15 is 0 Å². The molecule has 1 aliphatic rings. The summed E-state index contributed by atoms with van der Waals surface area (Å²) in [4.78, 5) is 13.6. The Labute approximate surface area is 96.9 Å². The maximum absolute atomic E-state index is 11.8. The lowest BCUT2D eigenvalue weighted by Crippen LogP contribution is -2.55. The van der Waals surface area contributed by atoms with Crippen molar-refractivity contribution in [1.29, 1.82) is 0 Å². The molecule has 0 aromatic carbocycles. The van der Waals surface area contributed by atoms with Crippen molar-refractivity contribution in [3.05, 3.63) is 12.7 Å². The fraction of sp³-hybridized carbons (Fsp3) is 0.750. The third-order valence-corrected chi connectivity index (χ3v) is 2.60. The predicted octanol–water partition coefficient (Wildman–Crippen LogP) is 0.951. The van der Waals surface area contributed by atoms with E-state index in [-0.39, 0.29) is 24.2 Å². The zero-order chi connectivity index (χ0) is 12.2. The average Bonchev–Trinajstić information content (AvgIpc) is 2.23. The van der Waals surface area contributed by atoms with Crippen LogP contribution in [0.25, 0.3) is 0 Å². The first-order valence-corrected chi connectivity index (χ1v) is 5.66. The zero-order valence-corrected chi connectivity index (χ0v) is 10.1. The fourth-order valence-electron chi connectivity index (χ4n) is 1.96. The van der Waals surface area contributed by atoms with Crippen LogP contribution in [0, 0.1) is 0 Å². The lowest BCUT2D eigenvalue weighted by molar-refractivity contribution is -0.166. The second-order valence-electron chi connectivity index (χ2n) is 4.78. The van der Waals surface area contributed by atoms with E-state index in [4.69, 9.17) is 9.84 Å². The molecule has 0 aromatic heterocycles. The smallest absolute Gasteiger partial charge is 0.223 e. The quantitative estimate of drug-likeness (QED) is 0.727. The van der Waals surface area contributed by atoms with Gasteiger partial charge in [-0.25, -0.2) is 0 Å². The number of hydrogen-bond donors (Lipinski definition) is 1. The highest BCUT2D eigenvalue weighted by molar-refractivity contribution is 5.76. The molecule has 0 radical (unpaired) electrons. The van der Waals surface area contributed by atoms with Crippen molar-refractivity contribution < 1.29 is 14.6 Å². The van der Waals surface area contributed by atoms with E-state index in [9.17, 15) is 4.79 Å². The van der Waals surface area contributed by atoms with Crippen LogP contribution in [0.2, 0.25) is 0 Å². The number of ether oxygens (including phenoxy) is 1. The number of carbonyl (C=O) groups excluding carboxylic acids is 1. The molecule has 4 nitrogen and oxygen atoms in total. The van der Waals surface area contributed by atoms with Crippen LogP contribution in [-0.4, -0.2) is 47.3 Å². The normalized spacial score (nSPS) is 24.2. The molecule has 1 rings (SSSR count).